The lowest BCUT2D eigenvalue weighted by Crippen LogP contribution is -2.27. The Morgan fingerprint density at radius 3 is 3.04 bits per heavy atom. The molecule has 1 fully saturated rings. The van der Waals surface area contributed by atoms with Gasteiger partial charge in [0, 0.05) is 18.1 Å². The summed E-state index contributed by atoms with van der Waals surface area (Å²) in [7, 11) is 1.61. The van der Waals surface area contributed by atoms with Crippen LogP contribution in [0.15, 0.2) is 29.4 Å². The molecule has 0 saturated carbocycles. The van der Waals surface area contributed by atoms with Crippen molar-refractivity contribution in [2.45, 2.75) is 24.0 Å². The van der Waals surface area contributed by atoms with Gasteiger partial charge in [-0.2, -0.15) is 0 Å². The molecule has 0 bridgehead atoms. The second-order valence-electron chi connectivity index (χ2n) is 6.66. The van der Waals surface area contributed by atoms with Gasteiger partial charge in [0.05, 0.1) is 23.3 Å². The molecular weight excluding hydrogens is 396 g/mol. The molecule has 3 heterocycles. The summed E-state index contributed by atoms with van der Waals surface area (Å²) < 4.78 is 5.30. The number of aryl methyl sites for hydroxylation is 1. The quantitative estimate of drug-likeness (QED) is 0.359. The minimum absolute atomic E-state index is 0.0318. The Hall–Kier alpha value is -2.07. The molecule has 4 rings (SSSR count). The SMILES string of the molecule is COc1ccc2nc(C)nc(SCC(=O)c3cnc(C4(O)CCNC4)s3)c2c1. The number of thioether (sulfide) groups is 1. The highest BCUT2D eigenvalue weighted by Gasteiger charge is 2.36. The number of carbonyl (C=O) groups is 1. The van der Waals surface area contributed by atoms with Crippen molar-refractivity contribution in [3.8, 4) is 5.75 Å². The molecule has 28 heavy (non-hydrogen) atoms. The highest BCUT2D eigenvalue weighted by Crippen LogP contribution is 2.33. The summed E-state index contributed by atoms with van der Waals surface area (Å²) in [6, 6.07) is 5.63. The van der Waals surface area contributed by atoms with Gasteiger partial charge in [0.25, 0.3) is 0 Å². The van der Waals surface area contributed by atoms with Crippen LogP contribution < -0.4 is 10.1 Å². The smallest absolute Gasteiger partial charge is 0.184 e. The average molecular weight is 417 g/mol. The predicted octanol–water partition coefficient (Wildman–Crippen LogP) is 2.56. The molecule has 7 nitrogen and oxygen atoms in total. The Morgan fingerprint density at radius 1 is 1.43 bits per heavy atom. The van der Waals surface area contributed by atoms with E-state index in [0.29, 0.717) is 28.7 Å². The van der Waals surface area contributed by atoms with Crippen molar-refractivity contribution < 1.29 is 14.6 Å². The molecule has 1 atom stereocenters. The Labute approximate surface area is 170 Å². The van der Waals surface area contributed by atoms with Crippen molar-refractivity contribution in [1.82, 2.24) is 20.3 Å². The molecule has 1 aromatic carbocycles. The lowest BCUT2D eigenvalue weighted by Gasteiger charge is -2.17. The van der Waals surface area contributed by atoms with E-state index in [4.69, 9.17) is 4.74 Å². The number of hydrogen-bond donors (Lipinski definition) is 2. The van der Waals surface area contributed by atoms with Crippen LogP contribution in [0.1, 0.15) is 26.9 Å². The van der Waals surface area contributed by atoms with Gasteiger partial charge in [-0.3, -0.25) is 4.79 Å². The molecule has 2 aromatic heterocycles. The van der Waals surface area contributed by atoms with Crippen LogP contribution in [0.2, 0.25) is 0 Å². The number of thiazole rings is 1. The number of nitrogens with one attached hydrogen (secondary N) is 1. The summed E-state index contributed by atoms with van der Waals surface area (Å²) >= 11 is 2.64. The maximum absolute atomic E-state index is 12.7. The third-order valence-electron chi connectivity index (χ3n) is 4.63. The summed E-state index contributed by atoms with van der Waals surface area (Å²) in [6.45, 7) is 3.05. The van der Waals surface area contributed by atoms with Gasteiger partial charge < -0.3 is 15.2 Å². The maximum atomic E-state index is 12.7. The largest absolute Gasteiger partial charge is 0.497 e. The highest BCUT2D eigenvalue weighted by atomic mass is 32.2. The number of nitrogens with zero attached hydrogens (tertiary/aromatic N) is 3. The zero-order valence-corrected chi connectivity index (χ0v) is 17.2. The van der Waals surface area contributed by atoms with Gasteiger partial charge in [-0.25, -0.2) is 15.0 Å². The number of aromatic nitrogens is 3. The number of ether oxygens (including phenoxy) is 1. The molecule has 1 unspecified atom stereocenters. The van der Waals surface area contributed by atoms with E-state index in [9.17, 15) is 9.90 Å². The van der Waals surface area contributed by atoms with Crippen LogP contribution in [-0.2, 0) is 5.60 Å². The van der Waals surface area contributed by atoms with E-state index in [0.717, 1.165) is 28.2 Å². The Bertz CT molecular complexity index is 1030. The van der Waals surface area contributed by atoms with Crippen molar-refractivity contribution in [3.05, 3.63) is 40.1 Å². The average Bonchev–Trinajstić information content (AvgIpc) is 3.35. The number of benzene rings is 1. The van der Waals surface area contributed by atoms with E-state index in [1.165, 1.54) is 23.1 Å². The van der Waals surface area contributed by atoms with Gasteiger partial charge in [-0.15, -0.1) is 11.3 Å². The minimum Gasteiger partial charge on any atom is -0.497 e. The number of methoxy groups -OCH3 is 1. The van der Waals surface area contributed by atoms with E-state index in [2.05, 4.69) is 20.3 Å². The van der Waals surface area contributed by atoms with Crippen molar-refractivity contribution >= 4 is 39.8 Å². The van der Waals surface area contributed by atoms with Gasteiger partial charge in [-0.1, -0.05) is 11.8 Å². The molecule has 146 valence electrons. The van der Waals surface area contributed by atoms with Crippen LogP contribution in [-0.4, -0.2) is 51.8 Å². The number of rotatable bonds is 6. The molecule has 1 aliphatic rings. The normalized spacial score (nSPS) is 19.2. The van der Waals surface area contributed by atoms with Gasteiger partial charge in [0.2, 0.25) is 0 Å². The topological polar surface area (TPSA) is 97.2 Å². The van der Waals surface area contributed by atoms with E-state index in [1.54, 1.807) is 13.3 Å². The fraction of sp³-hybridized carbons (Fsp3) is 0.368. The monoisotopic (exact) mass is 416 g/mol. The van der Waals surface area contributed by atoms with Crippen LogP contribution in [0.3, 0.4) is 0 Å². The second kappa shape index (κ2) is 7.75. The van der Waals surface area contributed by atoms with Gasteiger partial charge in [0.1, 0.15) is 27.2 Å². The minimum atomic E-state index is -0.965. The number of carbonyl (C=O) groups excluding carboxylic acids is 1. The molecule has 2 N–H and O–H groups in total. The summed E-state index contributed by atoms with van der Waals surface area (Å²) in [6.07, 6.45) is 2.17. The van der Waals surface area contributed by atoms with Gasteiger partial charge in [-0.05, 0) is 38.1 Å². The number of Topliss-reactive ketones (excluding diaryl/α,β-unsaturated/α-hetero) is 1. The first-order chi connectivity index (χ1) is 13.5. The van der Waals surface area contributed by atoms with E-state index >= 15 is 0 Å². The molecule has 9 heteroatoms. The Morgan fingerprint density at radius 2 is 2.29 bits per heavy atom. The first-order valence-corrected chi connectivity index (χ1v) is 10.7. The molecule has 1 aliphatic heterocycles. The summed E-state index contributed by atoms with van der Waals surface area (Å²) in [5.41, 5.74) is -0.147. The van der Waals surface area contributed by atoms with Crippen molar-refractivity contribution in [2.24, 2.45) is 0 Å². The van der Waals surface area contributed by atoms with Crippen LogP contribution in [0.4, 0.5) is 0 Å². The van der Waals surface area contributed by atoms with E-state index in [1.807, 2.05) is 25.1 Å². The van der Waals surface area contributed by atoms with Crippen molar-refractivity contribution in [3.63, 3.8) is 0 Å². The standard InChI is InChI=1S/C19H20N4O3S2/c1-11-22-14-4-3-12(26-2)7-13(14)17(23-11)27-9-15(24)16-8-21-18(28-16)19(25)5-6-20-10-19/h3-4,7-8,20,25H,5-6,9-10H2,1-2H3. The van der Waals surface area contributed by atoms with Crippen LogP contribution in [0.5, 0.6) is 5.75 Å². The highest BCUT2D eigenvalue weighted by molar-refractivity contribution is 8.00. The zero-order chi connectivity index (χ0) is 19.7. The van der Waals surface area contributed by atoms with E-state index < -0.39 is 5.60 Å². The third-order valence-corrected chi connectivity index (χ3v) is 6.85. The molecule has 0 aliphatic carbocycles. The first-order valence-electron chi connectivity index (χ1n) is 8.86. The predicted molar refractivity (Wildman–Crippen MR) is 109 cm³/mol. The van der Waals surface area contributed by atoms with Crippen LogP contribution in [0, 0.1) is 6.92 Å². The number of aliphatic hydroxyl groups is 1. The zero-order valence-electron chi connectivity index (χ0n) is 15.6. The summed E-state index contributed by atoms with van der Waals surface area (Å²) in [4.78, 5) is 26.5. The summed E-state index contributed by atoms with van der Waals surface area (Å²) in [5, 5.41) is 15.9. The molecule has 0 radical (unpaired) electrons. The number of fused-ring (bicyclic) bond motifs is 1. The van der Waals surface area contributed by atoms with Crippen LogP contribution in [0.25, 0.3) is 10.9 Å². The number of hydrogen-bond acceptors (Lipinski definition) is 9. The molecular formula is C19H20N4O3S2. The van der Waals surface area contributed by atoms with Crippen molar-refractivity contribution in [2.75, 3.05) is 26.0 Å². The first kappa shape index (κ1) is 19.3. The third kappa shape index (κ3) is 3.75. The molecule has 0 spiro atoms. The fourth-order valence-corrected chi connectivity index (χ4v) is 5.11. The lowest BCUT2D eigenvalue weighted by molar-refractivity contribution is 0.0584. The number of β-amino-alcohol motifs (C(OH)–C–C–N with tert-alkyl or cyclic N) is 1. The van der Waals surface area contributed by atoms with Crippen molar-refractivity contribution in [1.29, 1.82) is 0 Å². The van der Waals surface area contributed by atoms with Crippen LogP contribution >= 0.6 is 23.1 Å². The van der Waals surface area contributed by atoms with E-state index in [-0.39, 0.29) is 11.5 Å². The Kier molecular flexibility index (Phi) is 5.33. The fourth-order valence-electron chi connectivity index (χ4n) is 3.11. The molecule has 0 amide bonds. The molecule has 1 saturated heterocycles. The second-order valence-corrected chi connectivity index (χ2v) is 8.65. The summed E-state index contributed by atoms with van der Waals surface area (Å²) in [5.74, 6) is 1.58. The van der Waals surface area contributed by atoms with Gasteiger partial charge >= 0.3 is 0 Å². The number of ketones is 1. The Balaban J connectivity index is 1.53. The maximum Gasteiger partial charge on any atom is 0.184 e. The van der Waals surface area contributed by atoms with Gasteiger partial charge in [0.15, 0.2) is 5.78 Å². The lowest BCUT2D eigenvalue weighted by atomic mass is 10.1. The molecule has 3 aromatic rings.